The van der Waals surface area contributed by atoms with Gasteiger partial charge >= 0.3 is 0 Å². The molecule has 90 valence electrons. The van der Waals surface area contributed by atoms with Crippen molar-refractivity contribution < 1.29 is 19.2 Å². The minimum Gasteiger partial charge on any atom is -0.222 e. The summed E-state index contributed by atoms with van der Waals surface area (Å²) < 4.78 is 0. The second kappa shape index (κ2) is 134. The van der Waals surface area contributed by atoms with Crippen LogP contribution >= 0.6 is 0 Å². The molecule has 8 nitrogen and oxygen atoms in total. The van der Waals surface area contributed by atoms with Crippen LogP contribution in [0.2, 0.25) is 0 Å². The van der Waals surface area contributed by atoms with E-state index < -0.39 is 0 Å². The minimum atomic E-state index is 0.750. The number of hydrogen-bond donors (Lipinski definition) is 4. The van der Waals surface area contributed by atoms with E-state index in [1.165, 1.54) is 12.8 Å². The zero-order valence-electron chi connectivity index (χ0n) is 9.05. The zero-order chi connectivity index (χ0) is 14.2. The summed E-state index contributed by atoms with van der Waals surface area (Å²) in [6.07, 6.45) is 5.64. The molecule has 0 unspecified atom stereocenters. The lowest BCUT2D eigenvalue weighted by atomic mass is 10.4. The van der Waals surface area contributed by atoms with Crippen molar-refractivity contribution in [2.24, 2.45) is 0 Å². The van der Waals surface area contributed by atoms with Crippen molar-refractivity contribution in [3.63, 3.8) is 0 Å². The van der Waals surface area contributed by atoms with Gasteiger partial charge in [-0.2, -0.15) is 0 Å². The second-order valence-electron chi connectivity index (χ2n) is 1.41. The summed E-state index contributed by atoms with van der Waals surface area (Å²) >= 11 is 0. The fourth-order valence-electron chi connectivity index (χ4n) is 0. The summed E-state index contributed by atoms with van der Waals surface area (Å²) in [7, 11) is 0. The summed E-state index contributed by atoms with van der Waals surface area (Å²) in [5.41, 5.74) is 0. The van der Waals surface area contributed by atoms with Gasteiger partial charge < -0.3 is 0 Å². The summed E-state index contributed by atoms with van der Waals surface area (Å²) in [5, 5.41) is 21.6. The normalized spacial score (nSPS) is 3.88. The Morgan fingerprint density at radius 1 is 0.625 bits per heavy atom. The largest absolute Gasteiger partial charge is 0.231 e. The first-order valence-corrected chi connectivity index (χ1v) is 3.73. The molecule has 0 saturated carbocycles. The van der Waals surface area contributed by atoms with Gasteiger partial charge in [0, 0.05) is 0 Å². The molecule has 0 atom stereocenters. The van der Waals surface area contributed by atoms with E-state index in [9.17, 15) is 0 Å². The van der Waals surface area contributed by atoms with Gasteiger partial charge in [0.25, 0.3) is 0 Å². The highest BCUT2D eigenvalue weighted by atomic mass is 16.1. The molecule has 0 saturated heterocycles. The third-order valence-corrected chi connectivity index (χ3v) is 0.500. The van der Waals surface area contributed by atoms with Gasteiger partial charge in [0.2, 0.25) is 24.3 Å². The highest BCUT2D eigenvalue weighted by Crippen LogP contribution is 1.76. The van der Waals surface area contributed by atoms with Crippen LogP contribution in [0.3, 0.4) is 0 Å². The molecule has 0 aliphatic heterocycles. The number of isocyanates is 4. The Morgan fingerprint density at radius 3 is 0.688 bits per heavy atom. The molecule has 0 aromatic carbocycles. The summed E-state index contributed by atoms with van der Waals surface area (Å²) in [5.74, 6) is 0. The molecule has 0 rings (SSSR count). The van der Waals surface area contributed by atoms with Crippen molar-refractivity contribution in [2.45, 2.75) is 26.7 Å². The lowest BCUT2D eigenvalue weighted by molar-refractivity contribution is 0.562. The average molecular weight is 230 g/mol. The van der Waals surface area contributed by atoms with Crippen molar-refractivity contribution in [3.8, 4) is 0 Å². The topological polar surface area (TPSA) is 164 Å². The van der Waals surface area contributed by atoms with Crippen molar-refractivity contribution >= 4 is 24.3 Å². The number of unbranched alkanes of at least 4 members (excludes halogenated alkanes) is 1. The van der Waals surface area contributed by atoms with Gasteiger partial charge in [-0.3, -0.25) is 0 Å². The Morgan fingerprint density at radius 2 is 0.688 bits per heavy atom. The standard InChI is InChI=1S/C4H10.4CHNO/c1-3-4-2;4*2-1-3/h3-4H2,1-2H3;4*2H. The first-order valence-electron chi connectivity index (χ1n) is 3.73. The van der Waals surface area contributed by atoms with Gasteiger partial charge in [-0.1, -0.05) is 26.7 Å². The molecule has 0 heterocycles. The third-order valence-electron chi connectivity index (χ3n) is 0.500. The Kier molecular flexibility index (Phi) is 245. The third kappa shape index (κ3) is 582. The van der Waals surface area contributed by atoms with E-state index in [0.717, 1.165) is 24.3 Å². The maximum Gasteiger partial charge on any atom is 0.231 e. The lowest BCUT2D eigenvalue weighted by Crippen LogP contribution is -1.47. The van der Waals surface area contributed by atoms with Crippen LogP contribution in [0.25, 0.3) is 0 Å². The molecule has 0 radical (unpaired) electrons. The second-order valence-corrected chi connectivity index (χ2v) is 1.41. The van der Waals surface area contributed by atoms with Crippen molar-refractivity contribution in [1.29, 1.82) is 21.6 Å². The van der Waals surface area contributed by atoms with E-state index in [2.05, 4.69) is 13.8 Å². The van der Waals surface area contributed by atoms with Crippen molar-refractivity contribution in [3.05, 3.63) is 0 Å². The van der Waals surface area contributed by atoms with Crippen LogP contribution in [-0.2, 0) is 19.2 Å². The molecular weight excluding hydrogens is 216 g/mol. The van der Waals surface area contributed by atoms with E-state index in [1.54, 1.807) is 0 Å². The minimum absolute atomic E-state index is 0.750. The van der Waals surface area contributed by atoms with Gasteiger partial charge in [-0.25, -0.2) is 40.8 Å². The molecule has 8 heteroatoms. The Hall–Kier alpha value is -2.48. The molecule has 4 N–H and O–H groups in total. The molecule has 0 amide bonds. The molecule has 0 aliphatic carbocycles. The molecule has 0 bridgehead atoms. The number of rotatable bonds is 1. The van der Waals surface area contributed by atoms with E-state index >= 15 is 0 Å². The predicted molar refractivity (Wildman–Crippen MR) is 54.2 cm³/mol. The summed E-state index contributed by atoms with van der Waals surface area (Å²) in [6.45, 7) is 4.36. The number of hydrogen-bond acceptors (Lipinski definition) is 8. The van der Waals surface area contributed by atoms with Crippen LogP contribution in [0.15, 0.2) is 0 Å². The van der Waals surface area contributed by atoms with Crippen LogP contribution in [0, 0.1) is 21.6 Å². The zero-order valence-corrected chi connectivity index (χ0v) is 9.05. The molecule has 16 heavy (non-hydrogen) atoms. The number of carbonyl (C=O) groups excluding carboxylic acids is 4. The first-order chi connectivity index (χ1) is 7.57. The Balaban J connectivity index is -0.0000000317. The number of nitrogens with one attached hydrogen (secondary N) is 4. The quantitative estimate of drug-likeness (QED) is 0.395. The van der Waals surface area contributed by atoms with Crippen molar-refractivity contribution in [2.75, 3.05) is 0 Å². The molecule has 0 aromatic rings. The van der Waals surface area contributed by atoms with Crippen molar-refractivity contribution in [1.82, 2.24) is 0 Å². The molecule has 0 spiro atoms. The summed E-state index contributed by atoms with van der Waals surface area (Å²) in [6, 6.07) is 0. The van der Waals surface area contributed by atoms with Crippen LogP contribution in [0.1, 0.15) is 26.7 Å². The monoisotopic (exact) mass is 230 g/mol. The highest BCUT2D eigenvalue weighted by molar-refractivity contribution is 5.26. The Bertz CT molecular complexity index is 178. The fraction of sp³-hybridized carbons (Fsp3) is 0.500. The fourth-order valence-corrected chi connectivity index (χ4v) is 0. The summed E-state index contributed by atoms with van der Waals surface area (Å²) in [4.78, 5) is 33.4. The van der Waals surface area contributed by atoms with Crippen LogP contribution in [0.5, 0.6) is 0 Å². The molecular formula is C8H14N4O4. The predicted octanol–water partition coefficient (Wildman–Crippen LogP) is 1.41. The lowest BCUT2D eigenvalue weighted by Gasteiger charge is -1.68. The van der Waals surface area contributed by atoms with Gasteiger partial charge in [0.15, 0.2) is 0 Å². The molecule has 0 aromatic heterocycles. The van der Waals surface area contributed by atoms with Gasteiger partial charge in [-0.05, 0) is 0 Å². The Labute approximate surface area is 92.7 Å². The smallest absolute Gasteiger partial charge is 0.222 e. The van der Waals surface area contributed by atoms with Crippen LogP contribution in [-0.4, -0.2) is 24.3 Å². The van der Waals surface area contributed by atoms with Gasteiger partial charge in [-0.15, -0.1) is 0 Å². The maximum atomic E-state index is 8.35. The van der Waals surface area contributed by atoms with Gasteiger partial charge in [0.1, 0.15) is 0 Å². The van der Waals surface area contributed by atoms with E-state index in [0.29, 0.717) is 0 Å². The average Bonchev–Trinajstić information content (AvgIpc) is 2.22. The van der Waals surface area contributed by atoms with E-state index in [-0.39, 0.29) is 0 Å². The molecule has 0 aliphatic rings. The van der Waals surface area contributed by atoms with Gasteiger partial charge in [0.05, 0.1) is 0 Å². The molecule has 0 fully saturated rings. The van der Waals surface area contributed by atoms with E-state index in [4.69, 9.17) is 40.8 Å². The van der Waals surface area contributed by atoms with Crippen LogP contribution in [0.4, 0.5) is 0 Å². The van der Waals surface area contributed by atoms with E-state index in [1.807, 2.05) is 0 Å². The van der Waals surface area contributed by atoms with Crippen LogP contribution < -0.4 is 0 Å². The highest BCUT2D eigenvalue weighted by Gasteiger charge is 1.56. The maximum absolute atomic E-state index is 8.35. The first kappa shape index (κ1) is 29.2. The SMILES string of the molecule is CCCC.N=C=O.N=C=O.N=C=O.N=C=O.